The number of nitrogens with one attached hydrogen (secondary N) is 1. The van der Waals surface area contributed by atoms with E-state index in [0.717, 1.165) is 24.0 Å². The molecule has 2 aromatic rings. The van der Waals surface area contributed by atoms with Gasteiger partial charge in [-0.1, -0.05) is 6.07 Å². The molecule has 1 saturated carbocycles. The Kier molecular flexibility index (Phi) is 2.92. The molecule has 1 aliphatic rings. The van der Waals surface area contributed by atoms with E-state index in [4.69, 9.17) is 0 Å². The van der Waals surface area contributed by atoms with Gasteiger partial charge in [0.2, 0.25) is 0 Å². The highest BCUT2D eigenvalue weighted by molar-refractivity contribution is 5.38. The summed E-state index contributed by atoms with van der Waals surface area (Å²) in [6.07, 6.45) is 4.67. The van der Waals surface area contributed by atoms with Crippen molar-refractivity contribution in [3.8, 4) is 5.69 Å². The summed E-state index contributed by atoms with van der Waals surface area (Å²) in [5.41, 5.74) is 4.81. The third-order valence-electron chi connectivity index (χ3n) is 3.26. The lowest BCUT2D eigenvalue weighted by Crippen LogP contribution is -2.15. The Hall–Kier alpha value is -1.61. The van der Waals surface area contributed by atoms with Crippen LogP contribution in [0, 0.1) is 13.8 Å². The van der Waals surface area contributed by atoms with Gasteiger partial charge in [0, 0.05) is 18.8 Å². The Morgan fingerprint density at radius 1 is 1.22 bits per heavy atom. The molecular weight excluding hydrogens is 222 g/mol. The number of hydrogen-bond donors (Lipinski definition) is 1. The van der Waals surface area contributed by atoms with Gasteiger partial charge in [-0.25, -0.2) is 4.68 Å². The smallest absolute Gasteiger partial charge is 0.0766 e. The van der Waals surface area contributed by atoms with Crippen LogP contribution in [0.5, 0.6) is 0 Å². The van der Waals surface area contributed by atoms with Crippen molar-refractivity contribution in [2.45, 2.75) is 39.3 Å². The molecule has 0 unspecified atom stereocenters. The maximum Gasteiger partial charge on any atom is 0.0766 e. The fourth-order valence-electron chi connectivity index (χ4n) is 2.22. The molecule has 0 radical (unpaired) electrons. The second-order valence-corrected chi connectivity index (χ2v) is 5.25. The van der Waals surface area contributed by atoms with E-state index < -0.39 is 0 Å². The van der Waals surface area contributed by atoms with E-state index in [0.29, 0.717) is 0 Å². The van der Waals surface area contributed by atoms with Crippen LogP contribution < -0.4 is 5.32 Å². The van der Waals surface area contributed by atoms with Gasteiger partial charge in [0.05, 0.1) is 11.4 Å². The molecule has 0 saturated heterocycles. The van der Waals surface area contributed by atoms with Crippen LogP contribution in [0.4, 0.5) is 0 Å². The third kappa shape index (κ3) is 2.62. The fraction of sp³-hybridized carbons (Fsp3) is 0.400. The van der Waals surface area contributed by atoms with Gasteiger partial charge in [0.15, 0.2) is 0 Å². The molecule has 1 heterocycles. The van der Waals surface area contributed by atoms with Gasteiger partial charge in [-0.3, -0.25) is 0 Å². The van der Waals surface area contributed by atoms with Crippen LogP contribution in [0.2, 0.25) is 0 Å². The zero-order valence-electron chi connectivity index (χ0n) is 11.0. The van der Waals surface area contributed by atoms with Gasteiger partial charge in [0.1, 0.15) is 0 Å². The number of nitrogens with zero attached hydrogens (tertiary/aromatic N) is 2. The summed E-state index contributed by atoms with van der Waals surface area (Å²) >= 11 is 0. The van der Waals surface area contributed by atoms with E-state index in [1.807, 2.05) is 10.9 Å². The average molecular weight is 241 g/mol. The third-order valence-corrected chi connectivity index (χ3v) is 3.26. The van der Waals surface area contributed by atoms with E-state index in [-0.39, 0.29) is 0 Å². The minimum Gasteiger partial charge on any atom is -0.308 e. The SMILES string of the molecule is Cc1cc(C)cc(-n2ccc(CNC3CC3)n2)c1. The molecule has 3 nitrogen and oxygen atoms in total. The molecule has 94 valence electrons. The van der Waals surface area contributed by atoms with Crippen molar-refractivity contribution in [2.75, 3.05) is 0 Å². The second-order valence-electron chi connectivity index (χ2n) is 5.25. The molecule has 0 bridgehead atoms. The van der Waals surface area contributed by atoms with Gasteiger partial charge in [-0.05, 0) is 56.0 Å². The van der Waals surface area contributed by atoms with Crippen LogP contribution in [-0.4, -0.2) is 15.8 Å². The highest BCUT2D eigenvalue weighted by Crippen LogP contribution is 2.19. The monoisotopic (exact) mass is 241 g/mol. The second kappa shape index (κ2) is 4.58. The first kappa shape index (κ1) is 11.5. The number of rotatable bonds is 4. The summed E-state index contributed by atoms with van der Waals surface area (Å²) in [5.74, 6) is 0. The lowest BCUT2D eigenvalue weighted by atomic mass is 10.1. The van der Waals surface area contributed by atoms with Gasteiger partial charge < -0.3 is 5.32 Å². The molecule has 1 aromatic carbocycles. The summed E-state index contributed by atoms with van der Waals surface area (Å²) in [7, 11) is 0. The molecule has 3 heteroatoms. The zero-order chi connectivity index (χ0) is 12.5. The topological polar surface area (TPSA) is 29.9 Å². The Morgan fingerprint density at radius 2 is 1.94 bits per heavy atom. The first-order valence-electron chi connectivity index (χ1n) is 6.57. The van der Waals surface area contributed by atoms with E-state index >= 15 is 0 Å². The maximum atomic E-state index is 4.62. The predicted octanol–water partition coefficient (Wildman–Crippen LogP) is 2.74. The van der Waals surface area contributed by atoms with Crippen LogP contribution >= 0.6 is 0 Å². The van der Waals surface area contributed by atoms with Crippen molar-refractivity contribution >= 4 is 0 Å². The van der Waals surface area contributed by atoms with Gasteiger partial charge >= 0.3 is 0 Å². The lowest BCUT2D eigenvalue weighted by molar-refractivity contribution is 0.665. The number of aromatic nitrogens is 2. The molecular formula is C15H19N3. The van der Waals surface area contributed by atoms with Crippen molar-refractivity contribution in [2.24, 2.45) is 0 Å². The maximum absolute atomic E-state index is 4.62. The summed E-state index contributed by atoms with van der Waals surface area (Å²) in [6, 6.07) is 9.34. The Balaban J connectivity index is 1.78. The van der Waals surface area contributed by atoms with Crippen LogP contribution in [0.1, 0.15) is 29.7 Å². The van der Waals surface area contributed by atoms with Gasteiger partial charge in [0.25, 0.3) is 0 Å². The normalized spacial score (nSPS) is 15.0. The highest BCUT2D eigenvalue weighted by Gasteiger charge is 2.20. The summed E-state index contributed by atoms with van der Waals surface area (Å²) in [4.78, 5) is 0. The molecule has 1 aliphatic carbocycles. The lowest BCUT2D eigenvalue weighted by Gasteiger charge is -2.05. The quantitative estimate of drug-likeness (QED) is 0.892. The van der Waals surface area contributed by atoms with Crippen molar-refractivity contribution in [1.29, 1.82) is 0 Å². The molecule has 3 rings (SSSR count). The molecule has 1 aromatic heterocycles. The summed E-state index contributed by atoms with van der Waals surface area (Å²) in [6.45, 7) is 5.12. The van der Waals surface area contributed by atoms with Gasteiger partial charge in [-0.15, -0.1) is 0 Å². The Morgan fingerprint density at radius 3 is 2.61 bits per heavy atom. The number of aryl methyl sites for hydroxylation is 2. The Bertz CT molecular complexity index is 532. The molecule has 18 heavy (non-hydrogen) atoms. The van der Waals surface area contributed by atoms with E-state index in [1.165, 1.54) is 24.0 Å². The predicted molar refractivity (Wildman–Crippen MR) is 72.9 cm³/mol. The minimum absolute atomic E-state index is 0.733. The molecule has 0 atom stereocenters. The largest absolute Gasteiger partial charge is 0.308 e. The summed E-state index contributed by atoms with van der Waals surface area (Å²) in [5, 5.41) is 8.10. The highest BCUT2D eigenvalue weighted by atomic mass is 15.3. The van der Waals surface area contributed by atoms with Crippen molar-refractivity contribution < 1.29 is 0 Å². The van der Waals surface area contributed by atoms with Crippen molar-refractivity contribution in [3.05, 3.63) is 47.3 Å². The average Bonchev–Trinajstić information content (AvgIpc) is 3.02. The fourth-order valence-corrected chi connectivity index (χ4v) is 2.22. The molecule has 1 N–H and O–H groups in total. The molecule has 0 amide bonds. The number of benzene rings is 1. The first-order chi connectivity index (χ1) is 8.70. The first-order valence-corrected chi connectivity index (χ1v) is 6.57. The Labute approximate surface area is 108 Å². The number of hydrogen-bond acceptors (Lipinski definition) is 2. The summed E-state index contributed by atoms with van der Waals surface area (Å²) < 4.78 is 1.96. The van der Waals surface area contributed by atoms with Crippen LogP contribution in [-0.2, 0) is 6.54 Å². The minimum atomic E-state index is 0.733. The van der Waals surface area contributed by atoms with Crippen LogP contribution in [0.25, 0.3) is 5.69 Å². The molecule has 0 aliphatic heterocycles. The zero-order valence-corrected chi connectivity index (χ0v) is 11.0. The molecule has 1 fully saturated rings. The van der Waals surface area contributed by atoms with Crippen LogP contribution in [0.3, 0.4) is 0 Å². The van der Waals surface area contributed by atoms with E-state index in [1.54, 1.807) is 0 Å². The van der Waals surface area contributed by atoms with Crippen molar-refractivity contribution in [3.63, 3.8) is 0 Å². The van der Waals surface area contributed by atoms with E-state index in [9.17, 15) is 0 Å². The van der Waals surface area contributed by atoms with Crippen LogP contribution in [0.15, 0.2) is 30.5 Å². The van der Waals surface area contributed by atoms with Crippen molar-refractivity contribution in [1.82, 2.24) is 15.1 Å². The molecule has 0 spiro atoms. The van der Waals surface area contributed by atoms with E-state index in [2.05, 4.69) is 48.5 Å². The van der Waals surface area contributed by atoms with Gasteiger partial charge in [-0.2, -0.15) is 5.10 Å². The standard InChI is InChI=1S/C15H19N3/c1-11-7-12(2)9-15(8-11)18-6-5-14(17-18)10-16-13-3-4-13/h5-9,13,16H,3-4,10H2,1-2H3.